The Labute approximate surface area is 148 Å². The molecule has 1 N–H and O–H groups in total. The Bertz CT molecular complexity index is 880. The molecule has 4 heteroatoms. The van der Waals surface area contributed by atoms with Crippen molar-refractivity contribution in [1.29, 1.82) is 0 Å². The Morgan fingerprint density at radius 3 is 2.44 bits per heavy atom. The first kappa shape index (κ1) is 17.0. The van der Waals surface area contributed by atoms with Crippen LogP contribution in [0.25, 0.3) is 6.08 Å². The lowest BCUT2D eigenvalue weighted by molar-refractivity contribution is -0.113. The molecule has 0 atom stereocenters. The Morgan fingerprint density at radius 1 is 1.12 bits per heavy atom. The maximum absolute atomic E-state index is 12.4. The molecule has 1 heterocycles. The van der Waals surface area contributed by atoms with Gasteiger partial charge in [-0.25, -0.2) is 0 Å². The zero-order valence-corrected chi connectivity index (χ0v) is 14.9. The molecule has 0 radical (unpaired) electrons. The molecule has 3 rings (SSSR count). The molecular formula is C21H22N2O2. The van der Waals surface area contributed by atoms with E-state index in [0.29, 0.717) is 11.5 Å². The van der Waals surface area contributed by atoms with Gasteiger partial charge in [-0.2, -0.15) is 4.99 Å². The van der Waals surface area contributed by atoms with E-state index < -0.39 is 0 Å². The fourth-order valence-electron chi connectivity index (χ4n) is 3.06. The average molecular weight is 334 g/mol. The summed E-state index contributed by atoms with van der Waals surface area (Å²) < 4.78 is 0. The summed E-state index contributed by atoms with van der Waals surface area (Å²) in [6, 6.07) is 13.4. The SMILES string of the molecule is CC1=NC(=O)/C(=C/c2ccccc2)N1c1cc(C(C)C)c(O)cc1C. The van der Waals surface area contributed by atoms with Gasteiger partial charge in [0.15, 0.2) is 0 Å². The predicted molar refractivity (Wildman–Crippen MR) is 102 cm³/mol. The van der Waals surface area contributed by atoms with Crippen molar-refractivity contribution in [1.82, 2.24) is 0 Å². The summed E-state index contributed by atoms with van der Waals surface area (Å²) in [7, 11) is 0. The van der Waals surface area contributed by atoms with Gasteiger partial charge in [0.05, 0.1) is 5.69 Å². The molecule has 128 valence electrons. The van der Waals surface area contributed by atoms with Gasteiger partial charge in [-0.15, -0.1) is 0 Å². The van der Waals surface area contributed by atoms with E-state index >= 15 is 0 Å². The standard InChI is InChI=1S/C21H22N2O2/c1-13(2)17-12-18(14(3)10-20(17)24)23-15(4)22-21(25)19(23)11-16-8-6-5-7-9-16/h5-13,24H,1-4H3/b19-11-. The largest absolute Gasteiger partial charge is 0.508 e. The van der Waals surface area contributed by atoms with Crippen molar-refractivity contribution in [3.63, 3.8) is 0 Å². The average Bonchev–Trinajstić information content (AvgIpc) is 2.82. The number of amidine groups is 1. The van der Waals surface area contributed by atoms with E-state index in [-0.39, 0.29) is 17.6 Å². The highest BCUT2D eigenvalue weighted by Gasteiger charge is 2.30. The van der Waals surface area contributed by atoms with Crippen LogP contribution in [0.1, 0.15) is 43.4 Å². The molecule has 0 spiro atoms. The van der Waals surface area contributed by atoms with Gasteiger partial charge in [0.2, 0.25) is 0 Å². The lowest BCUT2D eigenvalue weighted by Gasteiger charge is -2.24. The number of rotatable bonds is 3. The molecule has 0 unspecified atom stereocenters. The summed E-state index contributed by atoms with van der Waals surface area (Å²) in [4.78, 5) is 18.4. The Kier molecular flexibility index (Phi) is 4.45. The van der Waals surface area contributed by atoms with Crippen molar-refractivity contribution in [3.05, 3.63) is 64.9 Å². The zero-order chi connectivity index (χ0) is 18.1. The van der Waals surface area contributed by atoms with Crippen LogP contribution in [-0.2, 0) is 4.79 Å². The highest BCUT2D eigenvalue weighted by atomic mass is 16.3. The highest BCUT2D eigenvalue weighted by Crippen LogP contribution is 2.36. The second-order valence-corrected chi connectivity index (χ2v) is 6.59. The molecule has 0 aliphatic carbocycles. The Balaban J connectivity index is 2.14. The molecule has 0 saturated carbocycles. The van der Waals surface area contributed by atoms with Crippen LogP contribution in [0.15, 0.2) is 53.2 Å². The third-order valence-corrected chi connectivity index (χ3v) is 4.36. The Hall–Kier alpha value is -2.88. The molecule has 0 fully saturated rings. The predicted octanol–water partition coefficient (Wildman–Crippen LogP) is 4.63. The highest BCUT2D eigenvalue weighted by molar-refractivity contribution is 6.22. The number of phenolic OH excluding ortho intramolecular Hbond substituents is 1. The first-order valence-corrected chi connectivity index (χ1v) is 8.38. The zero-order valence-electron chi connectivity index (χ0n) is 14.9. The number of benzene rings is 2. The molecule has 0 saturated heterocycles. The summed E-state index contributed by atoms with van der Waals surface area (Å²) in [5, 5.41) is 10.2. The Morgan fingerprint density at radius 2 is 1.80 bits per heavy atom. The fourth-order valence-corrected chi connectivity index (χ4v) is 3.06. The van der Waals surface area contributed by atoms with Gasteiger partial charge in [0.1, 0.15) is 17.3 Å². The number of hydrogen-bond donors (Lipinski definition) is 1. The van der Waals surface area contributed by atoms with E-state index in [1.807, 2.05) is 75.1 Å². The lowest BCUT2D eigenvalue weighted by atomic mass is 9.98. The van der Waals surface area contributed by atoms with E-state index in [4.69, 9.17) is 0 Å². The number of phenols is 1. The number of aromatic hydroxyl groups is 1. The minimum Gasteiger partial charge on any atom is -0.508 e. The quantitative estimate of drug-likeness (QED) is 0.833. The number of carbonyl (C=O) groups excluding carboxylic acids is 1. The fraction of sp³-hybridized carbons (Fsp3) is 0.238. The molecule has 0 aromatic heterocycles. The number of anilines is 1. The second-order valence-electron chi connectivity index (χ2n) is 6.59. The van der Waals surface area contributed by atoms with Crippen LogP contribution in [0.5, 0.6) is 5.75 Å². The van der Waals surface area contributed by atoms with Crippen molar-refractivity contribution in [2.75, 3.05) is 4.90 Å². The van der Waals surface area contributed by atoms with Crippen molar-refractivity contribution in [2.45, 2.75) is 33.6 Å². The van der Waals surface area contributed by atoms with Crippen LogP contribution >= 0.6 is 0 Å². The summed E-state index contributed by atoms with van der Waals surface area (Å²) in [6.07, 6.45) is 1.85. The van der Waals surface area contributed by atoms with E-state index in [9.17, 15) is 9.90 Å². The van der Waals surface area contributed by atoms with Gasteiger partial charge in [-0.05, 0) is 54.7 Å². The minimum atomic E-state index is -0.250. The van der Waals surface area contributed by atoms with Crippen molar-refractivity contribution in [2.24, 2.45) is 4.99 Å². The van der Waals surface area contributed by atoms with Crippen molar-refractivity contribution >= 4 is 23.5 Å². The van der Waals surface area contributed by atoms with Crippen molar-refractivity contribution < 1.29 is 9.90 Å². The third-order valence-electron chi connectivity index (χ3n) is 4.36. The van der Waals surface area contributed by atoms with Crippen LogP contribution in [0, 0.1) is 6.92 Å². The van der Waals surface area contributed by atoms with Crippen LogP contribution in [0.2, 0.25) is 0 Å². The first-order valence-electron chi connectivity index (χ1n) is 8.38. The number of hydrogen-bond acceptors (Lipinski definition) is 3. The number of aryl methyl sites for hydroxylation is 1. The van der Waals surface area contributed by atoms with Gasteiger partial charge in [0.25, 0.3) is 5.91 Å². The molecule has 1 aliphatic rings. The van der Waals surface area contributed by atoms with Crippen LogP contribution in [0.3, 0.4) is 0 Å². The van der Waals surface area contributed by atoms with Gasteiger partial charge in [0, 0.05) is 0 Å². The number of carbonyl (C=O) groups is 1. The van der Waals surface area contributed by atoms with E-state index in [1.54, 1.807) is 6.07 Å². The molecule has 25 heavy (non-hydrogen) atoms. The number of amides is 1. The topological polar surface area (TPSA) is 52.9 Å². The smallest absolute Gasteiger partial charge is 0.295 e. The molecule has 1 aliphatic heterocycles. The first-order chi connectivity index (χ1) is 11.9. The van der Waals surface area contributed by atoms with E-state index in [1.165, 1.54) is 0 Å². The minimum absolute atomic E-state index is 0.177. The summed E-state index contributed by atoms with van der Waals surface area (Å²) >= 11 is 0. The second kappa shape index (κ2) is 6.55. The maximum atomic E-state index is 12.4. The normalized spacial score (nSPS) is 16.0. The summed E-state index contributed by atoms with van der Waals surface area (Å²) in [5.41, 5.74) is 4.08. The van der Waals surface area contributed by atoms with E-state index in [2.05, 4.69) is 4.99 Å². The number of nitrogens with zero attached hydrogens (tertiary/aromatic N) is 2. The van der Waals surface area contributed by atoms with Crippen LogP contribution < -0.4 is 4.90 Å². The summed E-state index contributed by atoms with van der Waals surface area (Å²) in [6.45, 7) is 7.82. The van der Waals surface area contributed by atoms with Gasteiger partial charge >= 0.3 is 0 Å². The summed E-state index contributed by atoms with van der Waals surface area (Å²) in [5.74, 6) is 0.844. The molecule has 2 aromatic carbocycles. The van der Waals surface area contributed by atoms with Crippen LogP contribution in [0.4, 0.5) is 5.69 Å². The molecular weight excluding hydrogens is 312 g/mol. The van der Waals surface area contributed by atoms with Crippen molar-refractivity contribution in [3.8, 4) is 5.75 Å². The van der Waals surface area contributed by atoms with Gasteiger partial charge in [-0.1, -0.05) is 44.2 Å². The molecule has 1 amide bonds. The van der Waals surface area contributed by atoms with Gasteiger partial charge in [-0.3, -0.25) is 9.69 Å². The molecule has 0 bridgehead atoms. The van der Waals surface area contributed by atoms with Crippen LogP contribution in [-0.4, -0.2) is 16.8 Å². The van der Waals surface area contributed by atoms with E-state index in [0.717, 1.165) is 22.4 Å². The lowest BCUT2D eigenvalue weighted by Crippen LogP contribution is -2.25. The number of aliphatic imine (C=N–C) groups is 1. The van der Waals surface area contributed by atoms with Gasteiger partial charge < -0.3 is 5.11 Å². The maximum Gasteiger partial charge on any atom is 0.295 e. The monoisotopic (exact) mass is 334 g/mol. The third kappa shape index (κ3) is 3.20. The molecule has 2 aromatic rings. The molecule has 4 nitrogen and oxygen atoms in total.